The molecule has 21 heavy (non-hydrogen) atoms. The van der Waals surface area contributed by atoms with E-state index < -0.39 is 5.60 Å². The monoisotopic (exact) mass is 306 g/mol. The molecule has 1 aliphatic rings. The summed E-state index contributed by atoms with van der Waals surface area (Å²) in [7, 11) is 0. The molecule has 112 valence electrons. The van der Waals surface area contributed by atoms with E-state index in [4.69, 9.17) is 0 Å². The van der Waals surface area contributed by atoms with Gasteiger partial charge in [-0.25, -0.2) is 0 Å². The lowest BCUT2D eigenvalue weighted by Gasteiger charge is -2.48. The van der Waals surface area contributed by atoms with Crippen LogP contribution in [-0.4, -0.2) is 49.9 Å². The number of fused-ring (bicyclic) bond motifs is 1. The van der Waals surface area contributed by atoms with Gasteiger partial charge in [0.15, 0.2) is 0 Å². The van der Waals surface area contributed by atoms with E-state index in [-0.39, 0.29) is 18.4 Å². The lowest BCUT2D eigenvalue weighted by atomic mass is 9.83. The zero-order valence-electron chi connectivity index (χ0n) is 12.0. The van der Waals surface area contributed by atoms with Crippen molar-refractivity contribution in [2.75, 3.05) is 25.0 Å². The van der Waals surface area contributed by atoms with Crippen LogP contribution in [0.25, 0.3) is 11.0 Å². The number of anilines is 1. The minimum atomic E-state index is -0.654. The number of amides is 1. The summed E-state index contributed by atoms with van der Waals surface area (Å²) < 4.78 is 8.34. The summed E-state index contributed by atoms with van der Waals surface area (Å²) in [5.41, 5.74) is 1.54. The molecule has 0 unspecified atom stereocenters. The number of rotatable bonds is 4. The quantitative estimate of drug-likeness (QED) is 0.891. The Labute approximate surface area is 127 Å². The molecule has 1 saturated heterocycles. The van der Waals surface area contributed by atoms with Gasteiger partial charge in [-0.1, -0.05) is 19.9 Å². The number of aliphatic hydroxyl groups is 1. The summed E-state index contributed by atoms with van der Waals surface area (Å²) in [5, 5.41) is 13.1. The summed E-state index contributed by atoms with van der Waals surface area (Å²) in [6, 6.07) is 5.54. The minimum absolute atomic E-state index is 0.0960. The summed E-state index contributed by atoms with van der Waals surface area (Å²) in [5.74, 6) is 0.105. The van der Waals surface area contributed by atoms with Gasteiger partial charge in [0.2, 0.25) is 5.91 Å². The molecule has 1 aromatic carbocycles. The van der Waals surface area contributed by atoms with Crippen LogP contribution in [0, 0.1) is 5.92 Å². The van der Waals surface area contributed by atoms with Gasteiger partial charge in [0, 0.05) is 13.1 Å². The number of hydrogen-bond donors (Lipinski definition) is 2. The number of hydrogen-bond acceptors (Lipinski definition) is 6. The number of β-amino-alcohol motifs (C(OH)–C–C–N with tert-alkyl or cyclic N) is 1. The number of nitrogens with zero attached hydrogens (tertiary/aromatic N) is 3. The predicted molar refractivity (Wildman–Crippen MR) is 82.3 cm³/mol. The molecule has 0 radical (unpaired) electrons. The highest BCUT2D eigenvalue weighted by atomic mass is 32.1. The third-order valence-electron chi connectivity index (χ3n) is 4.00. The molecular formula is C14H18N4O2S. The zero-order valence-corrected chi connectivity index (χ0v) is 12.9. The van der Waals surface area contributed by atoms with Crippen molar-refractivity contribution in [1.29, 1.82) is 0 Å². The molecule has 2 aromatic rings. The van der Waals surface area contributed by atoms with Crippen LogP contribution in [-0.2, 0) is 4.79 Å². The van der Waals surface area contributed by atoms with Crippen LogP contribution in [0.3, 0.4) is 0 Å². The van der Waals surface area contributed by atoms with Crippen LogP contribution in [0.4, 0.5) is 5.69 Å². The van der Waals surface area contributed by atoms with Gasteiger partial charge in [-0.3, -0.25) is 9.69 Å². The maximum atomic E-state index is 12.1. The Kier molecular flexibility index (Phi) is 3.64. The summed E-state index contributed by atoms with van der Waals surface area (Å²) in [6.07, 6.45) is 0. The van der Waals surface area contributed by atoms with Gasteiger partial charge in [0.25, 0.3) is 0 Å². The van der Waals surface area contributed by atoms with Crippen molar-refractivity contribution in [3.63, 3.8) is 0 Å². The summed E-state index contributed by atoms with van der Waals surface area (Å²) in [6.45, 7) is 5.35. The van der Waals surface area contributed by atoms with E-state index in [0.717, 1.165) is 22.8 Å². The Balaban J connectivity index is 1.60. The normalized spacial score (nSPS) is 17.9. The molecule has 7 heteroatoms. The maximum Gasteiger partial charge on any atom is 0.238 e. The van der Waals surface area contributed by atoms with Crippen molar-refractivity contribution >= 4 is 34.4 Å². The summed E-state index contributed by atoms with van der Waals surface area (Å²) >= 11 is 1.13. The van der Waals surface area contributed by atoms with E-state index in [9.17, 15) is 9.90 Å². The third kappa shape index (κ3) is 2.76. The van der Waals surface area contributed by atoms with Crippen LogP contribution >= 0.6 is 11.7 Å². The molecule has 0 aliphatic carbocycles. The van der Waals surface area contributed by atoms with Crippen LogP contribution in [0.1, 0.15) is 13.8 Å². The second-order valence-corrected chi connectivity index (χ2v) is 6.42. The number of likely N-dealkylation sites (tertiary alicyclic amines) is 1. The van der Waals surface area contributed by atoms with Crippen LogP contribution in [0.2, 0.25) is 0 Å². The third-order valence-corrected chi connectivity index (χ3v) is 4.54. The van der Waals surface area contributed by atoms with Crippen molar-refractivity contribution in [3.8, 4) is 0 Å². The first-order valence-corrected chi connectivity index (χ1v) is 7.67. The Bertz CT molecular complexity index is 664. The number of nitrogens with one attached hydrogen (secondary N) is 1. The van der Waals surface area contributed by atoms with Gasteiger partial charge >= 0.3 is 0 Å². The van der Waals surface area contributed by atoms with Crippen LogP contribution < -0.4 is 5.32 Å². The topological polar surface area (TPSA) is 78.4 Å². The molecule has 1 amide bonds. The highest BCUT2D eigenvalue weighted by molar-refractivity contribution is 7.00. The molecule has 0 atom stereocenters. The van der Waals surface area contributed by atoms with Crippen LogP contribution in [0.15, 0.2) is 18.2 Å². The van der Waals surface area contributed by atoms with Gasteiger partial charge < -0.3 is 10.4 Å². The lowest BCUT2D eigenvalue weighted by molar-refractivity contribution is -0.139. The second kappa shape index (κ2) is 5.32. The highest BCUT2D eigenvalue weighted by Gasteiger charge is 2.43. The Hall–Kier alpha value is -1.57. The molecule has 1 aromatic heterocycles. The Morgan fingerprint density at radius 3 is 2.95 bits per heavy atom. The average molecular weight is 306 g/mol. The Morgan fingerprint density at radius 1 is 1.48 bits per heavy atom. The molecule has 0 spiro atoms. The first-order valence-electron chi connectivity index (χ1n) is 6.94. The van der Waals surface area contributed by atoms with Gasteiger partial charge in [-0.15, -0.1) is 0 Å². The van der Waals surface area contributed by atoms with Crippen molar-refractivity contribution in [1.82, 2.24) is 13.6 Å². The van der Waals surface area contributed by atoms with E-state index in [1.807, 2.05) is 36.9 Å². The Morgan fingerprint density at radius 2 is 2.24 bits per heavy atom. The molecule has 1 fully saturated rings. The standard InChI is InChI=1S/C14H18N4O2S/c1-9(2)14(20)7-18(8-14)6-12(19)15-10-4-3-5-11-13(10)17-21-16-11/h3-5,9,20H,6-8H2,1-2H3,(H,15,19). The van der Waals surface area contributed by atoms with E-state index >= 15 is 0 Å². The first-order chi connectivity index (χ1) is 9.98. The molecular weight excluding hydrogens is 288 g/mol. The molecule has 0 bridgehead atoms. The molecule has 0 saturated carbocycles. The smallest absolute Gasteiger partial charge is 0.238 e. The zero-order chi connectivity index (χ0) is 15.0. The van der Waals surface area contributed by atoms with Crippen molar-refractivity contribution in [2.45, 2.75) is 19.4 Å². The largest absolute Gasteiger partial charge is 0.387 e. The van der Waals surface area contributed by atoms with Gasteiger partial charge in [-0.2, -0.15) is 8.75 Å². The summed E-state index contributed by atoms with van der Waals surface area (Å²) in [4.78, 5) is 14.0. The minimum Gasteiger partial charge on any atom is -0.387 e. The molecule has 2 N–H and O–H groups in total. The SMILES string of the molecule is CC(C)C1(O)CN(CC(=O)Nc2cccc3nsnc23)C1. The molecule has 6 nitrogen and oxygen atoms in total. The fourth-order valence-corrected chi connectivity index (χ4v) is 3.05. The number of benzene rings is 1. The van der Waals surface area contributed by atoms with E-state index in [0.29, 0.717) is 18.8 Å². The van der Waals surface area contributed by atoms with Gasteiger partial charge in [0.05, 0.1) is 29.6 Å². The number of carbonyl (C=O) groups excluding carboxylic acids is 1. The van der Waals surface area contributed by atoms with Gasteiger partial charge in [0.1, 0.15) is 11.0 Å². The fraction of sp³-hybridized carbons (Fsp3) is 0.500. The van der Waals surface area contributed by atoms with Crippen molar-refractivity contribution < 1.29 is 9.90 Å². The second-order valence-electron chi connectivity index (χ2n) is 5.89. The highest BCUT2D eigenvalue weighted by Crippen LogP contribution is 2.28. The van der Waals surface area contributed by atoms with Crippen LogP contribution in [0.5, 0.6) is 0 Å². The molecule has 2 heterocycles. The van der Waals surface area contributed by atoms with E-state index in [2.05, 4.69) is 14.1 Å². The average Bonchev–Trinajstić information content (AvgIpc) is 2.85. The van der Waals surface area contributed by atoms with Gasteiger partial charge in [-0.05, 0) is 18.1 Å². The predicted octanol–water partition coefficient (Wildman–Crippen LogP) is 1.33. The number of aromatic nitrogens is 2. The lowest BCUT2D eigenvalue weighted by Crippen LogP contribution is -2.65. The molecule has 1 aliphatic heterocycles. The van der Waals surface area contributed by atoms with Crippen molar-refractivity contribution in [3.05, 3.63) is 18.2 Å². The fourth-order valence-electron chi connectivity index (χ4n) is 2.50. The molecule has 3 rings (SSSR count). The van der Waals surface area contributed by atoms with E-state index in [1.54, 1.807) is 0 Å². The maximum absolute atomic E-state index is 12.1. The van der Waals surface area contributed by atoms with Crippen molar-refractivity contribution in [2.24, 2.45) is 5.92 Å². The number of carbonyl (C=O) groups is 1. The first kappa shape index (κ1) is 14.4. The van der Waals surface area contributed by atoms with E-state index in [1.165, 1.54) is 0 Å².